The zero-order valence-corrected chi connectivity index (χ0v) is 16.2. The maximum Gasteiger partial charge on any atom is 0.126 e. The lowest BCUT2D eigenvalue weighted by Crippen LogP contribution is -2.17. The van der Waals surface area contributed by atoms with Crippen LogP contribution in [-0.2, 0) is 19.6 Å². The minimum absolute atomic E-state index is 0.150. The first kappa shape index (κ1) is 19.7. The summed E-state index contributed by atoms with van der Waals surface area (Å²) in [5.41, 5.74) is 2.84. The molecule has 0 unspecified atom stereocenters. The van der Waals surface area contributed by atoms with Crippen LogP contribution in [0.5, 0.6) is 5.75 Å². The van der Waals surface area contributed by atoms with Gasteiger partial charge in [-0.2, -0.15) is 0 Å². The minimum atomic E-state index is -0.150. The van der Waals surface area contributed by atoms with Crippen LogP contribution < -0.4 is 10.1 Å². The molecule has 27 heavy (non-hydrogen) atoms. The average Bonchev–Trinajstić information content (AvgIpc) is 2.68. The van der Waals surface area contributed by atoms with Crippen LogP contribution >= 0.6 is 23.2 Å². The van der Waals surface area contributed by atoms with Gasteiger partial charge in [0.1, 0.15) is 18.2 Å². The monoisotopic (exact) mass is 403 g/mol. The molecule has 2 nitrogen and oxygen atoms in total. The normalized spacial score (nSPS) is 10.8. The Morgan fingerprint density at radius 2 is 1.59 bits per heavy atom. The van der Waals surface area contributed by atoms with Gasteiger partial charge in [-0.15, -0.1) is 0 Å². The van der Waals surface area contributed by atoms with Crippen LogP contribution in [0.1, 0.15) is 16.7 Å². The van der Waals surface area contributed by atoms with Crippen LogP contribution in [0.15, 0.2) is 66.7 Å². The molecular formula is C22H20Cl2FNO. The molecule has 0 saturated heterocycles. The smallest absolute Gasteiger partial charge is 0.126 e. The lowest BCUT2D eigenvalue weighted by molar-refractivity contribution is 0.306. The SMILES string of the molecule is Fc1ccccc1CCNCc1ccc(OCc2ccc(Cl)c(Cl)c2)cc1. The fraction of sp³-hybridized carbons (Fsp3) is 0.182. The predicted octanol–water partition coefficient (Wildman–Crippen LogP) is 6.04. The summed E-state index contributed by atoms with van der Waals surface area (Å²) < 4.78 is 19.3. The molecular weight excluding hydrogens is 384 g/mol. The second-order valence-corrected chi connectivity index (χ2v) is 7.01. The molecule has 3 aromatic carbocycles. The summed E-state index contributed by atoms with van der Waals surface area (Å²) in [4.78, 5) is 0. The van der Waals surface area contributed by atoms with Gasteiger partial charge in [-0.25, -0.2) is 4.39 Å². The Bertz CT molecular complexity index is 884. The van der Waals surface area contributed by atoms with Crippen molar-refractivity contribution in [1.82, 2.24) is 5.32 Å². The van der Waals surface area contributed by atoms with E-state index in [-0.39, 0.29) is 5.82 Å². The lowest BCUT2D eigenvalue weighted by atomic mass is 10.1. The number of rotatable bonds is 8. The Balaban J connectivity index is 1.43. The van der Waals surface area contributed by atoms with E-state index < -0.39 is 0 Å². The van der Waals surface area contributed by atoms with Crippen LogP contribution in [0.3, 0.4) is 0 Å². The molecule has 0 aliphatic rings. The largest absolute Gasteiger partial charge is 0.489 e. The quantitative estimate of drug-likeness (QED) is 0.462. The zero-order chi connectivity index (χ0) is 19.1. The van der Waals surface area contributed by atoms with E-state index in [9.17, 15) is 4.39 Å². The summed E-state index contributed by atoms with van der Waals surface area (Å²) in [5.74, 6) is 0.638. The molecule has 0 saturated carbocycles. The maximum atomic E-state index is 13.6. The molecule has 0 bridgehead atoms. The number of benzene rings is 3. The Labute approximate surface area is 168 Å². The van der Waals surface area contributed by atoms with E-state index in [1.54, 1.807) is 18.2 Å². The fourth-order valence-corrected chi connectivity index (χ4v) is 2.98. The Hall–Kier alpha value is -2.07. The van der Waals surface area contributed by atoms with E-state index in [1.807, 2.05) is 42.5 Å². The molecule has 0 fully saturated rings. The maximum absolute atomic E-state index is 13.6. The van der Waals surface area contributed by atoms with Crippen LogP contribution in [0.4, 0.5) is 4.39 Å². The van der Waals surface area contributed by atoms with Crippen molar-refractivity contribution >= 4 is 23.2 Å². The summed E-state index contributed by atoms with van der Waals surface area (Å²) in [7, 11) is 0. The molecule has 0 heterocycles. The number of hydrogen-bond donors (Lipinski definition) is 1. The molecule has 0 aliphatic carbocycles. The molecule has 0 aromatic heterocycles. The predicted molar refractivity (Wildman–Crippen MR) is 109 cm³/mol. The van der Waals surface area contributed by atoms with Gasteiger partial charge in [0, 0.05) is 6.54 Å². The van der Waals surface area contributed by atoms with Crippen molar-refractivity contribution in [3.63, 3.8) is 0 Å². The van der Waals surface area contributed by atoms with E-state index in [0.717, 1.165) is 35.5 Å². The highest BCUT2D eigenvalue weighted by molar-refractivity contribution is 6.42. The Morgan fingerprint density at radius 1 is 0.852 bits per heavy atom. The summed E-state index contributed by atoms with van der Waals surface area (Å²) in [6, 6.07) is 20.2. The van der Waals surface area contributed by atoms with E-state index in [2.05, 4.69) is 5.32 Å². The van der Waals surface area contributed by atoms with Crippen molar-refractivity contribution in [3.8, 4) is 5.75 Å². The molecule has 3 aromatic rings. The topological polar surface area (TPSA) is 21.3 Å². The van der Waals surface area contributed by atoms with E-state index in [4.69, 9.17) is 27.9 Å². The minimum Gasteiger partial charge on any atom is -0.489 e. The third-order valence-electron chi connectivity index (χ3n) is 4.17. The molecule has 0 aliphatic heterocycles. The first-order valence-corrected chi connectivity index (χ1v) is 9.47. The van der Waals surface area contributed by atoms with Crippen LogP contribution in [0.25, 0.3) is 0 Å². The van der Waals surface area contributed by atoms with Gasteiger partial charge in [-0.1, -0.05) is 59.6 Å². The first-order chi connectivity index (χ1) is 13.1. The van der Waals surface area contributed by atoms with Gasteiger partial charge in [0.25, 0.3) is 0 Å². The molecule has 1 N–H and O–H groups in total. The highest BCUT2D eigenvalue weighted by atomic mass is 35.5. The van der Waals surface area contributed by atoms with Crippen molar-refractivity contribution in [1.29, 1.82) is 0 Å². The van der Waals surface area contributed by atoms with Crippen molar-refractivity contribution in [2.24, 2.45) is 0 Å². The molecule has 140 valence electrons. The van der Waals surface area contributed by atoms with Crippen LogP contribution in [0.2, 0.25) is 10.0 Å². The molecule has 0 spiro atoms. The average molecular weight is 404 g/mol. The van der Waals surface area contributed by atoms with E-state index >= 15 is 0 Å². The molecule has 0 amide bonds. The first-order valence-electron chi connectivity index (χ1n) is 8.71. The van der Waals surface area contributed by atoms with Gasteiger partial charge < -0.3 is 10.1 Å². The van der Waals surface area contributed by atoms with Gasteiger partial charge in [0.2, 0.25) is 0 Å². The molecule has 3 rings (SSSR count). The Morgan fingerprint density at radius 3 is 2.33 bits per heavy atom. The fourth-order valence-electron chi connectivity index (χ4n) is 2.66. The van der Waals surface area contributed by atoms with Crippen LogP contribution in [-0.4, -0.2) is 6.54 Å². The van der Waals surface area contributed by atoms with Crippen LogP contribution in [0, 0.1) is 5.82 Å². The third-order valence-corrected chi connectivity index (χ3v) is 4.91. The van der Waals surface area contributed by atoms with Crippen molar-refractivity contribution in [2.75, 3.05) is 6.54 Å². The third kappa shape index (κ3) is 5.96. The number of hydrogen-bond acceptors (Lipinski definition) is 2. The van der Waals surface area contributed by atoms with Gasteiger partial charge in [0.15, 0.2) is 0 Å². The summed E-state index contributed by atoms with van der Waals surface area (Å²) >= 11 is 11.9. The summed E-state index contributed by atoms with van der Waals surface area (Å²) in [5, 5.41) is 4.39. The number of halogens is 3. The highest BCUT2D eigenvalue weighted by Crippen LogP contribution is 2.23. The van der Waals surface area contributed by atoms with Crippen molar-refractivity contribution in [2.45, 2.75) is 19.6 Å². The second-order valence-electron chi connectivity index (χ2n) is 6.20. The molecule has 0 atom stereocenters. The van der Waals surface area contributed by atoms with Crippen molar-refractivity contribution < 1.29 is 9.13 Å². The number of ether oxygens (including phenoxy) is 1. The summed E-state index contributed by atoms with van der Waals surface area (Å²) in [6.07, 6.45) is 0.664. The highest BCUT2D eigenvalue weighted by Gasteiger charge is 2.02. The van der Waals surface area contributed by atoms with Gasteiger partial charge in [-0.05, 0) is 60.0 Å². The second kappa shape index (κ2) is 9.75. The van der Waals surface area contributed by atoms with E-state index in [0.29, 0.717) is 23.1 Å². The number of nitrogens with one attached hydrogen (secondary N) is 1. The van der Waals surface area contributed by atoms with Gasteiger partial charge >= 0.3 is 0 Å². The van der Waals surface area contributed by atoms with Crippen molar-refractivity contribution in [3.05, 3.63) is 99.3 Å². The Kier molecular flexibility index (Phi) is 7.11. The summed E-state index contributed by atoms with van der Waals surface area (Å²) in [6.45, 7) is 1.87. The molecule has 0 radical (unpaired) electrons. The van der Waals surface area contributed by atoms with E-state index in [1.165, 1.54) is 6.07 Å². The zero-order valence-electron chi connectivity index (χ0n) is 14.7. The lowest BCUT2D eigenvalue weighted by Gasteiger charge is -2.09. The standard InChI is InChI=1S/C22H20Cl2FNO/c23-20-10-7-17(13-21(20)24)15-27-19-8-5-16(6-9-19)14-26-12-11-18-3-1-2-4-22(18)25/h1-10,13,26H,11-12,14-15H2. The van der Waals surface area contributed by atoms with Gasteiger partial charge in [-0.3, -0.25) is 0 Å². The van der Waals surface area contributed by atoms with Gasteiger partial charge in [0.05, 0.1) is 10.0 Å². The molecule has 5 heteroatoms.